The number of rotatable bonds is 6. The first-order chi connectivity index (χ1) is 18.8. The van der Waals surface area contributed by atoms with Crippen LogP contribution in [0.4, 0.5) is 10.1 Å². The van der Waals surface area contributed by atoms with Crippen molar-refractivity contribution in [3.05, 3.63) is 102 Å². The minimum absolute atomic E-state index is 0.0274. The molecule has 6 rings (SSSR count). The molecule has 4 aromatic rings. The standard InChI is InChI=1S/C31H31FN4O2S/c1-21-9-4-6-13-26(21)38-27-14-7-5-12-25(27)35-16-15-34(20-28(35)37)19-24-18-33-30-36(24)29(31(2,3)39-30)22-10-8-11-23(32)17-22/h4-14,17-18,29H,15-16,19-20H2,1-3H3. The highest BCUT2D eigenvalue weighted by atomic mass is 32.2. The van der Waals surface area contributed by atoms with Crippen LogP contribution in [0.5, 0.6) is 11.5 Å². The summed E-state index contributed by atoms with van der Waals surface area (Å²) in [5, 5.41) is 0.927. The average Bonchev–Trinajstić information content (AvgIpc) is 3.40. The fraction of sp³-hybridized carbons (Fsp3) is 0.290. The molecule has 0 saturated carbocycles. The number of aromatic nitrogens is 2. The van der Waals surface area contributed by atoms with Gasteiger partial charge in [0, 0.05) is 24.4 Å². The molecule has 1 fully saturated rings. The number of nitrogens with zero attached hydrogens (tertiary/aromatic N) is 4. The Hall–Kier alpha value is -3.62. The highest BCUT2D eigenvalue weighted by Crippen LogP contribution is 2.51. The summed E-state index contributed by atoms with van der Waals surface area (Å²) in [4.78, 5) is 22.1. The van der Waals surface area contributed by atoms with Crippen molar-refractivity contribution in [2.24, 2.45) is 0 Å². The first-order valence-corrected chi connectivity index (χ1v) is 14.0. The zero-order valence-corrected chi connectivity index (χ0v) is 23.1. The van der Waals surface area contributed by atoms with Crippen LogP contribution in [0.1, 0.15) is 36.7 Å². The molecule has 39 heavy (non-hydrogen) atoms. The Morgan fingerprint density at radius 1 is 1.03 bits per heavy atom. The second-order valence-electron chi connectivity index (χ2n) is 10.7. The number of piperazine rings is 1. The number of carbonyl (C=O) groups is 1. The fourth-order valence-electron chi connectivity index (χ4n) is 5.57. The molecule has 1 amide bonds. The number of hydrogen-bond acceptors (Lipinski definition) is 5. The zero-order valence-electron chi connectivity index (χ0n) is 22.3. The van der Waals surface area contributed by atoms with E-state index in [1.165, 1.54) is 6.07 Å². The lowest BCUT2D eigenvalue weighted by Gasteiger charge is -2.35. The van der Waals surface area contributed by atoms with Gasteiger partial charge in [0.1, 0.15) is 11.6 Å². The number of aryl methyl sites for hydroxylation is 1. The van der Waals surface area contributed by atoms with Crippen molar-refractivity contribution in [1.29, 1.82) is 0 Å². The second-order valence-corrected chi connectivity index (χ2v) is 12.3. The molecular weight excluding hydrogens is 511 g/mol. The lowest BCUT2D eigenvalue weighted by Crippen LogP contribution is -2.50. The molecule has 1 saturated heterocycles. The Bertz CT molecular complexity index is 1530. The van der Waals surface area contributed by atoms with Crippen molar-refractivity contribution < 1.29 is 13.9 Å². The maximum atomic E-state index is 14.1. The molecule has 2 aliphatic heterocycles. The third kappa shape index (κ3) is 4.94. The van der Waals surface area contributed by atoms with Gasteiger partial charge >= 0.3 is 0 Å². The maximum absolute atomic E-state index is 14.1. The molecule has 8 heteroatoms. The van der Waals surface area contributed by atoms with Crippen molar-refractivity contribution in [2.75, 3.05) is 24.5 Å². The molecule has 3 aromatic carbocycles. The van der Waals surface area contributed by atoms with Crippen LogP contribution in [0.3, 0.4) is 0 Å². The molecule has 0 aliphatic carbocycles. The highest BCUT2D eigenvalue weighted by molar-refractivity contribution is 8.00. The topological polar surface area (TPSA) is 50.6 Å². The first-order valence-electron chi connectivity index (χ1n) is 13.2. The van der Waals surface area contributed by atoms with Crippen molar-refractivity contribution >= 4 is 23.4 Å². The number of benzene rings is 3. The molecule has 1 aromatic heterocycles. The van der Waals surface area contributed by atoms with Gasteiger partial charge in [0.05, 0.1) is 30.2 Å². The second kappa shape index (κ2) is 10.2. The van der Waals surface area contributed by atoms with Crippen molar-refractivity contribution in [1.82, 2.24) is 14.5 Å². The molecule has 1 atom stereocenters. The van der Waals surface area contributed by atoms with E-state index in [-0.39, 0.29) is 22.5 Å². The van der Waals surface area contributed by atoms with Gasteiger partial charge in [-0.05, 0) is 62.2 Å². The van der Waals surface area contributed by atoms with E-state index >= 15 is 0 Å². The summed E-state index contributed by atoms with van der Waals surface area (Å²) in [5.41, 5.74) is 3.77. The van der Waals surface area contributed by atoms with Crippen molar-refractivity contribution in [3.8, 4) is 11.5 Å². The van der Waals surface area contributed by atoms with E-state index in [4.69, 9.17) is 4.74 Å². The number of ether oxygens (including phenoxy) is 1. The number of amides is 1. The Morgan fingerprint density at radius 2 is 1.79 bits per heavy atom. The number of anilines is 1. The quantitative estimate of drug-likeness (QED) is 0.280. The molecule has 2 aliphatic rings. The third-order valence-corrected chi connectivity index (χ3v) is 8.66. The molecule has 6 nitrogen and oxygen atoms in total. The molecule has 0 N–H and O–H groups in total. The van der Waals surface area contributed by atoms with Crippen LogP contribution in [0.15, 0.2) is 84.1 Å². The number of imidazole rings is 1. The van der Waals surface area contributed by atoms with Gasteiger partial charge in [-0.2, -0.15) is 0 Å². The molecule has 1 unspecified atom stereocenters. The van der Waals surface area contributed by atoms with Gasteiger partial charge in [0.25, 0.3) is 0 Å². The van der Waals surface area contributed by atoms with Gasteiger partial charge in [0.2, 0.25) is 5.91 Å². The van der Waals surface area contributed by atoms with E-state index in [0.29, 0.717) is 31.9 Å². The van der Waals surface area contributed by atoms with E-state index < -0.39 is 0 Å². The van der Waals surface area contributed by atoms with E-state index in [1.807, 2.05) is 72.6 Å². The summed E-state index contributed by atoms with van der Waals surface area (Å²) in [6, 6.07) is 22.4. The van der Waals surface area contributed by atoms with Crippen LogP contribution in [0.2, 0.25) is 0 Å². The number of carbonyl (C=O) groups excluding carboxylic acids is 1. The van der Waals surface area contributed by atoms with E-state index in [2.05, 4.69) is 28.3 Å². The Balaban J connectivity index is 1.20. The normalized spacial score (nSPS) is 18.8. The van der Waals surface area contributed by atoms with E-state index in [9.17, 15) is 9.18 Å². The summed E-state index contributed by atoms with van der Waals surface area (Å²) >= 11 is 1.71. The Kier molecular flexibility index (Phi) is 6.69. The molecule has 0 spiro atoms. The van der Waals surface area contributed by atoms with Gasteiger partial charge in [-0.15, -0.1) is 0 Å². The largest absolute Gasteiger partial charge is 0.455 e. The summed E-state index contributed by atoms with van der Waals surface area (Å²) in [6.07, 6.45) is 1.89. The third-order valence-electron chi connectivity index (χ3n) is 7.43. The maximum Gasteiger partial charge on any atom is 0.241 e. The smallest absolute Gasteiger partial charge is 0.241 e. The van der Waals surface area contributed by atoms with Gasteiger partial charge in [-0.25, -0.2) is 9.37 Å². The van der Waals surface area contributed by atoms with Crippen molar-refractivity contribution in [2.45, 2.75) is 43.3 Å². The fourth-order valence-corrected chi connectivity index (χ4v) is 6.82. The Labute approximate surface area is 232 Å². The van der Waals surface area contributed by atoms with E-state index in [1.54, 1.807) is 23.9 Å². The first kappa shape index (κ1) is 25.6. The van der Waals surface area contributed by atoms with Crippen LogP contribution in [-0.2, 0) is 11.3 Å². The molecule has 0 bridgehead atoms. The predicted molar refractivity (Wildman–Crippen MR) is 152 cm³/mol. The van der Waals surface area contributed by atoms with Crippen molar-refractivity contribution in [3.63, 3.8) is 0 Å². The van der Waals surface area contributed by atoms with Gasteiger partial charge < -0.3 is 14.2 Å². The highest BCUT2D eigenvalue weighted by Gasteiger charge is 2.43. The summed E-state index contributed by atoms with van der Waals surface area (Å²) in [6.45, 7) is 8.51. The average molecular weight is 543 g/mol. The van der Waals surface area contributed by atoms with Crippen LogP contribution in [-0.4, -0.2) is 44.7 Å². The van der Waals surface area contributed by atoms with Crippen LogP contribution in [0, 0.1) is 12.7 Å². The Morgan fingerprint density at radius 3 is 2.56 bits per heavy atom. The number of fused-ring (bicyclic) bond motifs is 1. The van der Waals surface area contributed by atoms with Gasteiger partial charge in [0.15, 0.2) is 10.9 Å². The lowest BCUT2D eigenvalue weighted by atomic mass is 9.94. The number of halogens is 1. The molecular formula is C31H31FN4O2S. The zero-order chi connectivity index (χ0) is 27.1. The molecule has 200 valence electrons. The number of thioether (sulfide) groups is 1. The summed E-state index contributed by atoms with van der Waals surface area (Å²) < 4.78 is 22.4. The summed E-state index contributed by atoms with van der Waals surface area (Å²) in [7, 11) is 0. The number of para-hydroxylation sites is 3. The number of hydrogen-bond donors (Lipinski definition) is 0. The monoisotopic (exact) mass is 542 g/mol. The van der Waals surface area contributed by atoms with Crippen LogP contribution >= 0.6 is 11.8 Å². The predicted octanol–water partition coefficient (Wildman–Crippen LogP) is 6.45. The molecule has 3 heterocycles. The summed E-state index contributed by atoms with van der Waals surface area (Å²) in [5.74, 6) is 1.23. The van der Waals surface area contributed by atoms with E-state index in [0.717, 1.165) is 33.4 Å². The SMILES string of the molecule is Cc1ccccc1Oc1ccccc1N1CCN(Cc2cnc3n2C(c2cccc(F)c2)C(C)(C)S3)CC1=O. The van der Waals surface area contributed by atoms with Gasteiger partial charge in [-0.1, -0.05) is 54.2 Å². The van der Waals surface area contributed by atoms with Crippen LogP contribution in [0.25, 0.3) is 0 Å². The minimum atomic E-state index is -0.239. The lowest BCUT2D eigenvalue weighted by molar-refractivity contribution is -0.121. The van der Waals surface area contributed by atoms with Gasteiger partial charge in [-0.3, -0.25) is 9.69 Å². The minimum Gasteiger partial charge on any atom is -0.455 e. The molecule has 0 radical (unpaired) electrons. The van der Waals surface area contributed by atoms with Crippen LogP contribution < -0.4 is 9.64 Å².